The van der Waals surface area contributed by atoms with E-state index in [2.05, 4.69) is 0 Å². The van der Waals surface area contributed by atoms with Crippen molar-refractivity contribution in [3.05, 3.63) is 71.4 Å². The first-order chi connectivity index (χ1) is 9.16. The third kappa shape index (κ3) is 3.82. The van der Waals surface area contributed by atoms with Crippen molar-refractivity contribution in [2.45, 2.75) is 26.9 Å². The second kappa shape index (κ2) is 6.37. The van der Waals surface area contributed by atoms with Crippen molar-refractivity contribution < 1.29 is 9.13 Å². The van der Waals surface area contributed by atoms with Gasteiger partial charge in [-0.1, -0.05) is 50.2 Å². The lowest BCUT2D eigenvalue weighted by Gasteiger charge is -2.13. The molecule has 0 aliphatic rings. The number of halogens is 1. The van der Waals surface area contributed by atoms with E-state index >= 15 is 0 Å². The molecule has 0 saturated heterocycles. The molecular weight excluding hydrogens is 239 g/mol. The van der Waals surface area contributed by atoms with E-state index in [0.29, 0.717) is 24.3 Å². The first-order valence-electron chi connectivity index (χ1n) is 6.40. The van der Waals surface area contributed by atoms with Crippen molar-refractivity contribution in [2.24, 2.45) is 0 Å². The van der Waals surface area contributed by atoms with E-state index in [1.165, 1.54) is 6.07 Å². The van der Waals surface area contributed by atoms with Crippen molar-refractivity contribution in [1.29, 1.82) is 0 Å². The molecule has 2 heteroatoms. The first-order valence-corrected chi connectivity index (χ1v) is 6.40. The minimum absolute atomic E-state index is 0.202. The summed E-state index contributed by atoms with van der Waals surface area (Å²) in [5.74, 6) is 1.59. The number of hydrogen-bond donors (Lipinski definition) is 0. The summed E-state index contributed by atoms with van der Waals surface area (Å²) < 4.78 is 19.6. The van der Waals surface area contributed by atoms with E-state index < -0.39 is 0 Å². The Kier molecular flexibility index (Phi) is 4.56. The summed E-state index contributed by atoms with van der Waals surface area (Å²) in [5.41, 5.74) is 1.72. The predicted molar refractivity (Wildman–Crippen MR) is 75.5 cm³/mol. The fourth-order valence-corrected chi connectivity index (χ4v) is 1.93. The van der Waals surface area contributed by atoms with Gasteiger partial charge in [0.2, 0.25) is 0 Å². The molecular formula is C17H18FO. The van der Waals surface area contributed by atoms with Crippen LogP contribution in [0.3, 0.4) is 0 Å². The van der Waals surface area contributed by atoms with Crippen LogP contribution in [0.25, 0.3) is 0 Å². The Morgan fingerprint density at radius 1 is 1.00 bits per heavy atom. The van der Waals surface area contributed by atoms with Gasteiger partial charge in [-0.25, -0.2) is 4.39 Å². The molecule has 0 unspecified atom stereocenters. The minimum atomic E-state index is -0.202. The van der Waals surface area contributed by atoms with Crippen LogP contribution in [0.2, 0.25) is 0 Å². The summed E-state index contributed by atoms with van der Waals surface area (Å²) in [6.07, 6.45) is 0.608. The molecule has 2 rings (SSSR count). The predicted octanol–water partition coefficient (Wildman–Crippen LogP) is 4.56. The summed E-state index contributed by atoms with van der Waals surface area (Å²) in [4.78, 5) is 0. The zero-order valence-electron chi connectivity index (χ0n) is 11.3. The molecule has 0 aliphatic carbocycles. The van der Waals surface area contributed by atoms with Crippen molar-refractivity contribution in [3.63, 3.8) is 0 Å². The van der Waals surface area contributed by atoms with Gasteiger partial charge in [-0.3, -0.25) is 0 Å². The smallest absolute Gasteiger partial charge is 0.130 e. The maximum atomic E-state index is 13.8. The lowest BCUT2D eigenvalue weighted by Crippen LogP contribution is -2.03. The number of ether oxygens (including phenoxy) is 1. The van der Waals surface area contributed by atoms with Gasteiger partial charge >= 0.3 is 0 Å². The molecule has 1 radical (unpaired) electrons. The second-order valence-electron chi connectivity index (χ2n) is 4.87. The maximum absolute atomic E-state index is 13.8. The molecule has 0 atom stereocenters. The van der Waals surface area contributed by atoms with Crippen molar-refractivity contribution in [2.75, 3.05) is 0 Å². The molecule has 99 valence electrons. The van der Waals surface area contributed by atoms with Crippen LogP contribution in [0.5, 0.6) is 5.75 Å². The van der Waals surface area contributed by atoms with Gasteiger partial charge in [-0.05, 0) is 30.0 Å². The monoisotopic (exact) mass is 257 g/mol. The van der Waals surface area contributed by atoms with E-state index in [-0.39, 0.29) is 5.82 Å². The van der Waals surface area contributed by atoms with Gasteiger partial charge in [0, 0.05) is 5.56 Å². The van der Waals surface area contributed by atoms with Crippen LogP contribution in [-0.4, -0.2) is 0 Å². The molecule has 0 bridgehead atoms. The highest BCUT2D eigenvalue weighted by Gasteiger charge is 2.11. The molecule has 0 heterocycles. The Bertz CT molecular complexity index is 520. The topological polar surface area (TPSA) is 9.23 Å². The van der Waals surface area contributed by atoms with Gasteiger partial charge < -0.3 is 4.74 Å². The Morgan fingerprint density at radius 2 is 1.74 bits per heavy atom. The second-order valence-corrected chi connectivity index (χ2v) is 4.87. The van der Waals surface area contributed by atoms with Crippen LogP contribution in [0, 0.1) is 11.7 Å². The highest BCUT2D eigenvalue weighted by molar-refractivity contribution is 5.36. The largest absolute Gasteiger partial charge is 0.489 e. The van der Waals surface area contributed by atoms with Crippen LogP contribution in [0.4, 0.5) is 4.39 Å². The average molecular weight is 257 g/mol. The Balaban J connectivity index is 2.13. The fourth-order valence-electron chi connectivity index (χ4n) is 1.93. The van der Waals surface area contributed by atoms with E-state index in [1.807, 2.05) is 50.2 Å². The lowest BCUT2D eigenvalue weighted by atomic mass is 10.0. The maximum Gasteiger partial charge on any atom is 0.130 e. The molecule has 0 spiro atoms. The Hall–Kier alpha value is -1.83. The molecule has 0 aliphatic heterocycles. The van der Waals surface area contributed by atoms with Crippen LogP contribution in [-0.2, 0) is 13.0 Å². The van der Waals surface area contributed by atoms with E-state index in [0.717, 1.165) is 11.5 Å². The quantitative estimate of drug-likeness (QED) is 0.763. The van der Waals surface area contributed by atoms with Gasteiger partial charge in [-0.15, -0.1) is 0 Å². The van der Waals surface area contributed by atoms with Gasteiger partial charge in [0.15, 0.2) is 0 Å². The molecule has 0 fully saturated rings. The van der Waals surface area contributed by atoms with Crippen molar-refractivity contribution in [3.8, 4) is 5.75 Å². The standard InChI is InChI=1S/C17H18FO/c1-13(2)11-15-16(18)9-6-10-17(15)19-12-14-7-4-3-5-8-14/h3-10H,11-12H2,1-2H3. The third-order valence-corrected chi connectivity index (χ3v) is 2.84. The van der Waals surface area contributed by atoms with E-state index in [4.69, 9.17) is 4.74 Å². The minimum Gasteiger partial charge on any atom is -0.489 e. The summed E-state index contributed by atoms with van der Waals surface area (Å²) in [5, 5.41) is 0. The number of hydrogen-bond acceptors (Lipinski definition) is 1. The van der Waals surface area contributed by atoms with Crippen LogP contribution >= 0.6 is 0 Å². The fraction of sp³-hybridized carbons (Fsp3) is 0.235. The normalized spacial score (nSPS) is 10.7. The summed E-state index contributed by atoms with van der Waals surface area (Å²) >= 11 is 0. The zero-order chi connectivity index (χ0) is 13.7. The summed E-state index contributed by atoms with van der Waals surface area (Å²) in [6, 6.07) is 14.9. The highest BCUT2D eigenvalue weighted by Crippen LogP contribution is 2.25. The zero-order valence-corrected chi connectivity index (χ0v) is 11.3. The van der Waals surface area contributed by atoms with Gasteiger partial charge in [-0.2, -0.15) is 0 Å². The van der Waals surface area contributed by atoms with E-state index in [9.17, 15) is 4.39 Å². The van der Waals surface area contributed by atoms with Gasteiger partial charge in [0.25, 0.3) is 0 Å². The molecule has 0 aromatic heterocycles. The Labute approximate surface area is 114 Å². The van der Waals surface area contributed by atoms with Gasteiger partial charge in [0.05, 0.1) is 0 Å². The summed E-state index contributed by atoms with van der Waals surface area (Å²) in [7, 11) is 0. The van der Waals surface area contributed by atoms with E-state index in [1.54, 1.807) is 6.07 Å². The molecule has 0 amide bonds. The average Bonchev–Trinajstić information content (AvgIpc) is 2.40. The Morgan fingerprint density at radius 3 is 2.42 bits per heavy atom. The van der Waals surface area contributed by atoms with Crippen LogP contribution in [0.15, 0.2) is 48.5 Å². The van der Waals surface area contributed by atoms with Crippen LogP contribution < -0.4 is 4.74 Å². The van der Waals surface area contributed by atoms with Crippen molar-refractivity contribution >= 4 is 0 Å². The SMILES string of the molecule is C[C](C)Cc1c(F)cccc1OCc1ccccc1. The first kappa shape index (κ1) is 13.6. The molecule has 2 aromatic rings. The molecule has 0 saturated carbocycles. The lowest BCUT2D eigenvalue weighted by molar-refractivity contribution is 0.301. The molecule has 1 nitrogen and oxygen atoms in total. The third-order valence-electron chi connectivity index (χ3n) is 2.84. The molecule has 19 heavy (non-hydrogen) atoms. The number of benzene rings is 2. The molecule has 0 N–H and O–H groups in total. The van der Waals surface area contributed by atoms with Crippen molar-refractivity contribution in [1.82, 2.24) is 0 Å². The van der Waals surface area contributed by atoms with Crippen LogP contribution in [0.1, 0.15) is 25.0 Å². The highest BCUT2D eigenvalue weighted by atomic mass is 19.1. The summed E-state index contributed by atoms with van der Waals surface area (Å²) in [6.45, 7) is 4.45. The molecule has 2 aromatic carbocycles. The number of rotatable bonds is 5. The van der Waals surface area contributed by atoms with Gasteiger partial charge in [0.1, 0.15) is 18.2 Å².